The number of ether oxygens (including phenoxy) is 1. The van der Waals surface area contributed by atoms with E-state index in [9.17, 15) is 14.0 Å². The summed E-state index contributed by atoms with van der Waals surface area (Å²) in [5.41, 5.74) is 0.0861. The van der Waals surface area contributed by atoms with Crippen molar-refractivity contribution in [1.29, 1.82) is 5.41 Å². The van der Waals surface area contributed by atoms with Crippen LogP contribution >= 0.6 is 0 Å². The van der Waals surface area contributed by atoms with Gasteiger partial charge in [-0.1, -0.05) is 12.1 Å². The Bertz CT molecular complexity index is 595. The van der Waals surface area contributed by atoms with Crippen molar-refractivity contribution < 1.29 is 28.9 Å². The molecule has 1 atom stereocenters. The van der Waals surface area contributed by atoms with Crippen molar-refractivity contribution in [2.24, 2.45) is 5.92 Å². The number of carbonyl (C=O) groups is 2. The van der Waals surface area contributed by atoms with E-state index in [1.807, 2.05) is 0 Å². The molecule has 1 aliphatic carbocycles. The molecule has 0 spiro atoms. The van der Waals surface area contributed by atoms with Crippen molar-refractivity contribution in [3.05, 3.63) is 29.8 Å². The molecule has 0 bridgehead atoms. The summed E-state index contributed by atoms with van der Waals surface area (Å²) in [4.78, 5) is 21.9. The summed E-state index contributed by atoms with van der Waals surface area (Å²) in [7, 11) is 0. The van der Waals surface area contributed by atoms with Gasteiger partial charge in [-0.3, -0.25) is 10.2 Å². The lowest BCUT2D eigenvalue weighted by Gasteiger charge is -2.30. The fraction of sp³-hybridized carbons (Fsp3) is 0.438. The van der Waals surface area contributed by atoms with Gasteiger partial charge >= 0.3 is 11.9 Å². The average Bonchev–Trinajstić information content (AvgIpc) is 2.46. The van der Waals surface area contributed by atoms with Gasteiger partial charge in [-0.25, -0.2) is 9.18 Å². The number of nitrogens with one attached hydrogen (secondary N) is 1. The minimum Gasteiger partial charge on any atom is -0.490 e. The summed E-state index contributed by atoms with van der Waals surface area (Å²) in [6.45, 7) is 0. The second-order valence-electron chi connectivity index (χ2n) is 5.68. The molecule has 0 radical (unpaired) electrons. The van der Waals surface area contributed by atoms with E-state index >= 15 is 0 Å². The van der Waals surface area contributed by atoms with Crippen LogP contribution in [0.4, 0.5) is 4.39 Å². The van der Waals surface area contributed by atoms with Crippen LogP contribution in [0.15, 0.2) is 24.3 Å². The molecule has 1 aliphatic rings. The maximum Gasteiger partial charge on any atom is 0.349 e. The highest BCUT2D eigenvalue weighted by Crippen LogP contribution is 2.28. The lowest BCUT2D eigenvalue weighted by Crippen LogP contribution is -2.34. The molecule has 7 heteroatoms. The zero-order valence-electron chi connectivity index (χ0n) is 12.4. The van der Waals surface area contributed by atoms with Crippen molar-refractivity contribution in [3.63, 3.8) is 0 Å². The van der Waals surface area contributed by atoms with Gasteiger partial charge in [-0.2, -0.15) is 0 Å². The Morgan fingerprint density at radius 1 is 1.26 bits per heavy atom. The zero-order valence-corrected chi connectivity index (χ0v) is 12.4. The first kappa shape index (κ1) is 16.9. The maximum atomic E-state index is 12.7. The Morgan fingerprint density at radius 2 is 1.87 bits per heavy atom. The average molecular weight is 323 g/mol. The Morgan fingerprint density at radius 3 is 2.35 bits per heavy atom. The quantitative estimate of drug-likeness (QED) is 0.636. The van der Waals surface area contributed by atoms with E-state index in [4.69, 9.17) is 20.4 Å². The Balaban J connectivity index is 1.93. The van der Waals surface area contributed by atoms with Crippen LogP contribution in [0, 0.1) is 11.3 Å². The lowest BCUT2D eigenvalue weighted by molar-refractivity contribution is -0.141. The van der Waals surface area contributed by atoms with E-state index in [1.54, 1.807) is 24.3 Å². The third-order valence-electron chi connectivity index (χ3n) is 3.80. The number of benzene rings is 1. The summed E-state index contributed by atoms with van der Waals surface area (Å²) in [5.74, 6) is -2.92. The third kappa shape index (κ3) is 4.77. The summed E-state index contributed by atoms with van der Waals surface area (Å²) in [6.07, 6.45) is -0.330. The molecule has 3 N–H and O–H groups in total. The minimum atomic E-state index is -1.41. The molecule has 1 aromatic carbocycles. The minimum absolute atomic E-state index is 0.112. The molecule has 0 saturated heterocycles. The fourth-order valence-electron chi connectivity index (χ4n) is 2.36. The highest BCUT2D eigenvalue weighted by Gasteiger charge is 2.30. The standard InChI is InChI=1S/C16H18FNO5/c17-11-7-13(8-11)23-12-3-1-9(2-4-12)5-10(15(19)20)6-14(18)16(21)22/h1-4,10-11,13,18H,5-8H2,(H,19,20)(H,21,22). The van der Waals surface area contributed by atoms with E-state index in [0.717, 1.165) is 0 Å². The van der Waals surface area contributed by atoms with Crippen LogP contribution in [0.25, 0.3) is 0 Å². The monoisotopic (exact) mass is 323 g/mol. The number of rotatable bonds is 8. The summed E-state index contributed by atoms with van der Waals surface area (Å²) in [5, 5.41) is 25.1. The molecule has 6 nitrogen and oxygen atoms in total. The number of alkyl halides is 1. The Labute approximate surface area is 132 Å². The van der Waals surface area contributed by atoms with Gasteiger partial charge in [-0.15, -0.1) is 0 Å². The van der Waals surface area contributed by atoms with E-state index in [1.165, 1.54) is 0 Å². The number of hydrogen-bond acceptors (Lipinski definition) is 4. The summed E-state index contributed by atoms with van der Waals surface area (Å²) in [6, 6.07) is 6.76. The number of aliphatic carboxylic acids is 2. The van der Waals surface area contributed by atoms with Gasteiger partial charge in [0.15, 0.2) is 0 Å². The molecule has 2 rings (SSSR count). The highest BCUT2D eigenvalue weighted by atomic mass is 19.1. The third-order valence-corrected chi connectivity index (χ3v) is 3.80. The van der Waals surface area contributed by atoms with Crippen molar-refractivity contribution in [1.82, 2.24) is 0 Å². The molecule has 0 aliphatic heterocycles. The van der Waals surface area contributed by atoms with Gasteiger partial charge in [0, 0.05) is 19.3 Å². The molecule has 1 fully saturated rings. The summed E-state index contributed by atoms with van der Waals surface area (Å²) >= 11 is 0. The molecule has 23 heavy (non-hydrogen) atoms. The SMILES string of the molecule is N=C(CC(Cc1ccc(OC2CC(F)C2)cc1)C(=O)O)C(=O)O. The van der Waals surface area contributed by atoms with E-state index in [-0.39, 0.29) is 18.9 Å². The molecule has 0 heterocycles. The topological polar surface area (TPSA) is 108 Å². The second kappa shape index (κ2) is 7.21. The van der Waals surface area contributed by atoms with Gasteiger partial charge < -0.3 is 14.9 Å². The van der Waals surface area contributed by atoms with Crippen LogP contribution in [-0.4, -0.2) is 40.1 Å². The van der Waals surface area contributed by atoms with E-state index in [2.05, 4.69) is 0 Å². The molecule has 0 aromatic heterocycles. The van der Waals surface area contributed by atoms with Crippen LogP contribution in [0.1, 0.15) is 24.8 Å². The summed E-state index contributed by atoms with van der Waals surface area (Å²) < 4.78 is 18.3. The van der Waals surface area contributed by atoms with Crippen molar-refractivity contribution >= 4 is 17.7 Å². The second-order valence-corrected chi connectivity index (χ2v) is 5.68. The molecule has 1 unspecified atom stereocenters. The predicted molar refractivity (Wildman–Crippen MR) is 79.8 cm³/mol. The van der Waals surface area contributed by atoms with Gasteiger partial charge in [0.2, 0.25) is 0 Å². The van der Waals surface area contributed by atoms with Crippen LogP contribution in [-0.2, 0) is 16.0 Å². The first-order valence-corrected chi connectivity index (χ1v) is 7.28. The molecule has 1 aromatic rings. The molecule has 1 saturated carbocycles. The Hall–Kier alpha value is -2.44. The molecular weight excluding hydrogens is 305 g/mol. The molecular formula is C16H18FNO5. The van der Waals surface area contributed by atoms with Crippen LogP contribution in [0.3, 0.4) is 0 Å². The van der Waals surface area contributed by atoms with E-state index in [0.29, 0.717) is 24.2 Å². The van der Waals surface area contributed by atoms with Gasteiger partial charge in [0.1, 0.15) is 23.7 Å². The first-order valence-electron chi connectivity index (χ1n) is 7.28. The van der Waals surface area contributed by atoms with Crippen molar-refractivity contribution in [3.8, 4) is 5.75 Å². The first-order chi connectivity index (χ1) is 10.8. The zero-order chi connectivity index (χ0) is 17.0. The van der Waals surface area contributed by atoms with Crippen molar-refractivity contribution in [2.45, 2.75) is 38.0 Å². The van der Waals surface area contributed by atoms with Gasteiger partial charge in [-0.05, 0) is 24.1 Å². The Kier molecular flexibility index (Phi) is 5.31. The highest BCUT2D eigenvalue weighted by molar-refractivity contribution is 6.34. The lowest BCUT2D eigenvalue weighted by atomic mass is 9.93. The number of hydrogen-bond donors (Lipinski definition) is 3. The van der Waals surface area contributed by atoms with Crippen molar-refractivity contribution in [2.75, 3.05) is 0 Å². The number of carboxylic acids is 2. The number of halogens is 1. The van der Waals surface area contributed by atoms with Crippen LogP contribution in [0.5, 0.6) is 5.75 Å². The molecule has 0 amide bonds. The van der Waals surface area contributed by atoms with Crippen LogP contribution < -0.4 is 4.74 Å². The molecule has 124 valence electrons. The fourth-order valence-corrected chi connectivity index (χ4v) is 2.36. The number of carboxylic acid groups (broad SMARTS) is 2. The van der Waals surface area contributed by atoms with Crippen LogP contribution in [0.2, 0.25) is 0 Å². The normalized spacial score (nSPS) is 21.1. The maximum absolute atomic E-state index is 12.7. The largest absolute Gasteiger partial charge is 0.490 e. The van der Waals surface area contributed by atoms with Gasteiger partial charge in [0.25, 0.3) is 0 Å². The smallest absolute Gasteiger partial charge is 0.349 e. The van der Waals surface area contributed by atoms with E-state index < -0.39 is 29.7 Å². The predicted octanol–water partition coefficient (Wildman–Crippen LogP) is 2.30. The van der Waals surface area contributed by atoms with Gasteiger partial charge in [0.05, 0.1) is 5.92 Å².